The maximum absolute atomic E-state index is 13.9. The lowest BCUT2D eigenvalue weighted by molar-refractivity contribution is -0.137. The fourth-order valence-electron chi connectivity index (χ4n) is 5.04. The molecule has 2 aliphatic heterocycles. The van der Waals surface area contributed by atoms with Gasteiger partial charge in [0, 0.05) is 21.4 Å². The topological polar surface area (TPSA) is 79.5 Å². The number of aromatic amines is 1. The first-order chi connectivity index (χ1) is 19.1. The molecule has 3 atom stereocenters. The van der Waals surface area contributed by atoms with Crippen LogP contribution in [0.5, 0.6) is 5.75 Å². The Hall–Kier alpha value is -3.54. The number of H-pyrrole nitrogens is 1. The van der Waals surface area contributed by atoms with Gasteiger partial charge in [0.15, 0.2) is 0 Å². The first kappa shape index (κ1) is 26.7. The van der Waals surface area contributed by atoms with Gasteiger partial charge in [-0.15, -0.1) is 0 Å². The molecule has 0 aliphatic carbocycles. The highest BCUT2D eigenvalue weighted by molar-refractivity contribution is 8.00. The Morgan fingerprint density at radius 1 is 0.950 bits per heavy atom. The van der Waals surface area contributed by atoms with E-state index in [0.29, 0.717) is 26.2 Å². The van der Waals surface area contributed by atoms with Crippen LogP contribution in [0.3, 0.4) is 0 Å². The van der Waals surface area contributed by atoms with E-state index in [1.54, 1.807) is 36.4 Å². The van der Waals surface area contributed by atoms with Gasteiger partial charge in [-0.25, -0.2) is 4.90 Å². The Balaban J connectivity index is 1.41. The van der Waals surface area contributed by atoms with Crippen LogP contribution in [-0.2, 0) is 22.4 Å². The van der Waals surface area contributed by atoms with Crippen LogP contribution in [0.4, 0.5) is 18.9 Å². The molecule has 6 nitrogen and oxygen atoms in total. The van der Waals surface area contributed by atoms with Gasteiger partial charge in [0.05, 0.1) is 22.2 Å². The number of hydrogen-bond acceptors (Lipinski definition) is 6. The van der Waals surface area contributed by atoms with Crippen LogP contribution in [0.25, 0.3) is 0 Å². The molecule has 40 heavy (non-hydrogen) atoms. The van der Waals surface area contributed by atoms with Crippen molar-refractivity contribution in [3.05, 3.63) is 109 Å². The summed E-state index contributed by atoms with van der Waals surface area (Å²) in [5.41, 5.74) is 0.332. The zero-order valence-electron chi connectivity index (χ0n) is 20.3. The monoisotopic (exact) mass is 602 g/mol. The number of hydrogen-bond donors (Lipinski definition) is 1. The minimum absolute atomic E-state index is 0.150. The number of para-hydroxylation sites is 1. The van der Waals surface area contributed by atoms with Crippen molar-refractivity contribution >= 4 is 52.2 Å². The summed E-state index contributed by atoms with van der Waals surface area (Å²) in [5, 5.41) is 0.0921. The number of carbonyl (C=O) groups excluding carboxylic acids is 2. The summed E-state index contributed by atoms with van der Waals surface area (Å²) >= 11 is 7.97. The number of anilines is 1. The number of halogens is 4. The minimum Gasteiger partial charge on any atom is -0.489 e. The van der Waals surface area contributed by atoms with Gasteiger partial charge in [-0.05, 0) is 42.0 Å². The fraction of sp³-hybridized carbons (Fsp3) is 0.179. The molecule has 1 fully saturated rings. The van der Waals surface area contributed by atoms with E-state index >= 15 is 0 Å². The number of thiazole rings is 1. The van der Waals surface area contributed by atoms with E-state index in [1.807, 2.05) is 12.1 Å². The molecule has 1 saturated heterocycles. The Morgan fingerprint density at radius 2 is 1.70 bits per heavy atom. The van der Waals surface area contributed by atoms with Gasteiger partial charge < -0.3 is 9.72 Å². The molecule has 0 spiro atoms. The van der Waals surface area contributed by atoms with Crippen LogP contribution in [0.15, 0.2) is 82.6 Å². The second kappa shape index (κ2) is 10.1. The summed E-state index contributed by atoms with van der Waals surface area (Å²) < 4.78 is 46.4. The highest BCUT2D eigenvalue weighted by Crippen LogP contribution is 2.54. The lowest BCUT2D eigenvalue weighted by Gasteiger charge is -2.30. The van der Waals surface area contributed by atoms with E-state index in [2.05, 4.69) is 4.98 Å². The predicted molar refractivity (Wildman–Crippen MR) is 146 cm³/mol. The summed E-state index contributed by atoms with van der Waals surface area (Å²) in [6.45, 7) is 0.198. The Labute approximate surface area is 238 Å². The first-order valence-electron chi connectivity index (χ1n) is 12.0. The molecule has 3 aromatic carbocycles. The van der Waals surface area contributed by atoms with Crippen molar-refractivity contribution in [3.8, 4) is 5.75 Å². The number of benzene rings is 3. The quantitative estimate of drug-likeness (QED) is 0.264. The minimum atomic E-state index is -4.64. The molecule has 0 unspecified atom stereocenters. The van der Waals surface area contributed by atoms with E-state index in [4.69, 9.17) is 16.3 Å². The molecule has 4 aromatic rings. The third-order valence-electron chi connectivity index (χ3n) is 6.82. The number of aromatic nitrogens is 1. The Morgan fingerprint density at radius 3 is 2.45 bits per heavy atom. The van der Waals surface area contributed by atoms with Crippen molar-refractivity contribution in [1.29, 1.82) is 0 Å². The number of alkyl halides is 3. The molecular formula is C28H18ClF3N2O4S2. The summed E-state index contributed by atoms with van der Waals surface area (Å²) in [4.78, 5) is 43.7. The maximum Gasteiger partial charge on any atom is 0.416 e. The van der Waals surface area contributed by atoms with Gasteiger partial charge in [-0.2, -0.15) is 13.2 Å². The third-order valence-corrected chi connectivity index (χ3v) is 9.47. The van der Waals surface area contributed by atoms with Crippen LogP contribution < -0.4 is 14.5 Å². The lowest BCUT2D eigenvalue weighted by atomic mass is 9.82. The van der Waals surface area contributed by atoms with Gasteiger partial charge in [0.2, 0.25) is 11.8 Å². The van der Waals surface area contributed by atoms with Crippen molar-refractivity contribution < 1.29 is 27.5 Å². The lowest BCUT2D eigenvalue weighted by Crippen LogP contribution is -2.32. The molecular weight excluding hydrogens is 585 g/mol. The number of imide groups is 1. The zero-order valence-corrected chi connectivity index (χ0v) is 22.7. The maximum atomic E-state index is 13.9. The van der Waals surface area contributed by atoms with Crippen LogP contribution in [0, 0.1) is 5.92 Å². The summed E-state index contributed by atoms with van der Waals surface area (Å²) in [6.07, 6.45) is -4.64. The number of rotatable bonds is 5. The highest BCUT2D eigenvalue weighted by atomic mass is 35.5. The summed E-state index contributed by atoms with van der Waals surface area (Å²) in [5.74, 6) is -2.52. The fourth-order valence-corrected chi connectivity index (χ4v) is 7.67. The van der Waals surface area contributed by atoms with Gasteiger partial charge in [-0.3, -0.25) is 14.4 Å². The molecule has 0 bridgehead atoms. The molecule has 1 aromatic heterocycles. The molecule has 2 aliphatic rings. The van der Waals surface area contributed by atoms with Crippen LogP contribution >= 0.6 is 34.7 Å². The zero-order chi connectivity index (χ0) is 28.2. The van der Waals surface area contributed by atoms with Crippen molar-refractivity contribution in [2.45, 2.75) is 29.0 Å². The number of thioether (sulfide) groups is 1. The van der Waals surface area contributed by atoms with E-state index in [1.165, 1.54) is 12.1 Å². The molecule has 0 radical (unpaired) electrons. The average molecular weight is 603 g/mol. The van der Waals surface area contributed by atoms with E-state index in [9.17, 15) is 27.6 Å². The first-order valence-corrected chi connectivity index (χ1v) is 14.1. The van der Waals surface area contributed by atoms with E-state index in [-0.39, 0.29) is 17.2 Å². The molecule has 3 heterocycles. The van der Waals surface area contributed by atoms with Crippen LogP contribution in [0.1, 0.15) is 27.5 Å². The molecule has 0 saturated carbocycles. The smallest absolute Gasteiger partial charge is 0.416 e. The number of amides is 2. The van der Waals surface area contributed by atoms with Crippen molar-refractivity contribution in [1.82, 2.24) is 4.98 Å². The van der Waals surface area contributed by atoms with Crippen LogP contribution in [0.2, 0.25) is 5.02 Å². The predicted octanol–water partition coefficient (Wildman–Crippen LogP) is 6.48. The normalized spacial score (nSPS) is 20.4. The molecule has 204 valence electrons. The third kappa shape index (κ3) is 4.71. The Kier molecular flexibility index (Phi) is 6.76. The summed E-state index contributed by atoms with van der Waals surface area (Å²) in [6, 6.07) is 18.3. The molecule has 12 heteroatoms. The second-order valence-electron chi connectivity index (χ2n) is 9.26. The SMILES string of the molecule is O=C1[C@H]2[C@H](c3ccccc3OCc3ccc(Cl)cc3)c3sc(=O)[nH]c3S[C@H]2C(=O)N1c1cccc(C(F)(F)F)c1. The van der Waals surface area contributed by atoms with Crippen LogP contribution in [-0.4, -0.2) is 22.0 Å². The van der Waals surface area contributed by atoms with Gasteiger partial charge in [0.25, 0.3) is 0 Å². The van der Waals surface area contributed by atoms with Gasteiger partial charge in [-0.1, -0.05) is 71.1 Å². The number of fused-ring (bicyclic) bond motifs is 2. The largest absolute Gasteiger partial charge is 0.489 e. The van der Waals surface area contributed by atoms with Crippen molar-refractivity contribution in [2.75, 3.05) is 4.90 Å². The summed E-state index contributed by atoms with van der Waals surface area (Å²) in [7, 11) is 0. The second-order valence-corrected chi connectivity index (χ2v) is 11.9. The van der Waals surface area contributed by atoms with Crippen molar-refractivity contribution in [2.24, 2.45) is 5.92 Å². The average Bonchev–Trinajstić information content (AvgIpc) is 3.42. The van der Waals surface area contributed by atoms with Crippen molar-refractivity contribution in [3.63, 3.8) is 0 Å². The highest BCUT2D eigenvalue weighted by Gasteiger charge is 2.57. The molecule has 1 N–H and O–H groups in total. The molecule has 2 amide bonds. The molecule has 6 rings (SSSR count). The van der Waals surface area contributed by atoms with Gasteiger partial charge in [0.1, 0.15) is 17.6 Å². The number of carbonyl (C=O) groups is 2. The number of nitrogens with zero attached hydrogens (tertiary/aromatic N) is 1. The van der Waals surface area contributed by atoms with E-state index < -0.39 is 40.6 Å². The number of ether oxygens (including phenoxy) is 1. The standard InChI is InChI=1S/C28H18ClF3N2O4S2/c29-16-10-8-14(9-11-16)13-38-19-7-2-1-6-18(19)20-21-23(39-24-22(20)40-27(37)33-24)26(36)34(25(21)35)17-5-3-4-15(12-17)28(30,31)32/h1-12,20-21,23H,13H2,(H,33,37)/t20-,21-,23+/m0/s1. The van der Waals surface area contributed by atoms with Gasteiger partial charge >= 0.3 is 11.0 Å². The van der Waals surface area contributed by atoms with E-state index in [0.717, 1.165) is 45.7 Å². The Bertz CT molecular complexity index is 1690. The number of nitrogens with one attached hydrogen (secondary N) is 1.